The van der Waals surface area contributed by atoms with Crippen LogP contribution in [0.1, 0.15) is 11.8 Å². The Kier molecular flexibility index (Phi) is 6.05. The van der Waals surface area contributed by atoms with Crippen molar-refractivity contribution in [2.75, 3.05) is 20.7 Å². The second-order valence-electron chi connectivity index (χ2n) is 4.12. The summed E-state index contributed by atoms with van der Waals surface area (Å²) < 4.78 is 5.30. The Morgan fingerprint density at radius 2 is 2.21 bits per heavy atom. The van der Waals surface area contributed by atoms with Gasteiger partial charge in [-0.3, -0.25) is 9.59 Å². The van der Waals surface area contributed by atoms with Gasteiger partial charge >= 0.3 is 5.97 Å². The van der Waals surface area contributed by atoms with E-state index in [9.17, 15) is 9.59 Å². The predicted octanol–water partition coefficient (Wildman–Crippen LogP) is 2.68. The number of amides is 1. The number of rotatable bonds is 5. The molecule has 0 aromatic carbocycles. The van der Waals surface area contributed by atoms with E-state index in [1.165, 1.54) is 29.4 Å². The third-order valence-electron chi connectivity index (χ3n) is 2.51. The van der Waals surface area contributed by atoms with Gasteiger partial charge in [0.15, 0.2) is 0 Å². The Balaban J connectivity index is 2.53. The second kappa shape index (κ2) is 7.31. The molecule has 0 bridgehead atoms. The van der Waals surface area contributed by atoms with Crippen LogP contribution in [0.25, 0.3) is 6.08 Å². The fraction of sp³-hybridized carbons (Fsp3) is 0.385. The summed E-state index contributed by atoms with van der Waals surface area (Å²) in [6.07, 6.45) is 3.17. The summed E-state index contributed by atoms with van der Waals surface area (Å²) >= 11 is 7.19. The van der Waals surface area contributed by atoms with Gasteiger partial charge in [0, 0.05) is 24.5 Å². The number of ether oxygens (including phenoxy) is 1. The minimum Gasteiger partial charge on any atom is -0.469 e. The Hall–Kier alpha value is -1.33. The van der Waals surface area contributed by atoms with Gasteiger partial charge in [0.1, 0.15) is 0 Å². The molecule has 4 nitrogen and oxygen atoms in total. The number of carbonyl (C=O) groups excluding carboxylic acids is 2. The molecule has 1 aromatic heterocycles. The Morgan fingerprint density at radius 3 is 2.74 bits per heavy atom. The van der Waals surface area contributed by atoms with Gasteiger partial charge in [-0.2, -0.15) is 0 Å². The van der Waals surface area contributed by atoms with Crippen molar-refractivity contribution in [1.82, 2.24) is 4.90 Å². The normalized spacial score (nSPS) is 12.4. The average molecular weight is 302 g/mol. The fourth-order valence-corrected chi connectivity index (χ4v) is 2.44. The molecule has 1 heterocycles. The number of esters is 1. The highest BCUT2D eigenvalue weighted by atomic mass is 35.5. The lowest BCUT2D eigenvalue weighted by molar-refractivity contribution is -0.145. The van der Waals surface area contributed by atoms with Crippen LogP contribution in [0.3, 0.4) is 0 Å². The standard InChI is InChI=1S/C13H16ClNO3S/c1-9(13(17)18-3)8-15(2)12(16)7-5-10-4-6-11(14)19-10/h4-7,9H,8H2,1-3H3. The van der Waals surface area contributed by atoms with E-state index >= 15 is 0 Å². The number of likely N-dealkylation sites (N-methyl/N-ethyl adjacent to an activating group) is 1. The lowest BCUT2D eigenvalue weighted by atomic mass is 10.2. The predicted molar refractivity (Wildman–Crippen MR) is 77.2 cm³/mol. The molecule has 1 atom stereocenters. The van der Waals surface area contributed by atoms with Crippen molar-refractivity contribution in [2.24, 2.45) is 5.92 Å². The van der Waals surface area contributed by atoms with E-state index in [1.54, 1.807) is 26.1 Å². The average Bonchev–Trinajstić information content (AvgIpc) is 2.80. The van der Waals surface area contributed by atoms with Gasteiger partial charge in [-0.25, -0.2) is 0 Å². The monoisotopic (exact) mass is 301 g/mol. The molecule has 1 rings (SSSR count). The summed E-state index contributed by atoms with van der Waals surface area (Å²) in [5, 5.41) is 0. The van der Waals surface area contributed by atoms with Crippen molar-refractivity contribution in [3.63, 3.8) is 0 Å². The van der Waals surface area contributed by atoms with Crippen LogP contribution >= 0.6 is 22.9 Å². The maximum absolute atomic E-state index is 11.8. The van der Waals surface area contributed by atoms with Crippen LogP contribution < -0.4 is 0 Å². The van der Waals surface area contributed by atoms with Crippen LogP contribution in [-0.4, -0.2) is 37.5 Å². The van der Waals surface area contributed by atoms with Crippen molar-refractivity contribution >= 4 is 40.9 Å². The first-order valence-electron chi connectivity index (χ1n) is 5.70. The van der Waals surface area contributed by atoms with Gasteiger partial charge in [-0.05, 0) is 18.2 Å². The van der Waals surface area contributed by atoms with Gasteiger partial charge in [-0.15, -0.1) is 11.3 Å². The van der Waals surface area contributed by atoms with Gasteiger partial charge < -0.3 is 9.64 Å². The van der Waals surface area contributed by atoms with Crippen LogP contribution in [0.15, 0.2) is 18.2 Å². The summed E-state index contributed by atoms with van der Waals surface area (Å²) in [5.41, 5.74) is 0. The van der Waals surface area contributed by atoms with Crippen LogP contribution in [0.5, 0.6) is 0 Å². The van der Waals surface area contributed by atoms with E-state index < -0.39 is 0 Å². The first-order valence-corrected chi connectivity index (χ1v) is 6.90. The number of hydrogen-bond acceptors (Lipinski definition) is 4. The third kappa shape index (κ3) is 5.04. The largest absolute Gasteiger partial charge is 0.469 e. The van der Waals surface area contributed by atoms with E-state index in [0.29, 0.717) is 10.9 Å². The molecule has 1 aromatic rings. The number of hydrogen-bond donors (Lipinski definition) is 0. The lowest BCUT2D eigenvalue weighted by Gasteiger charge is -2.18. The van der Waals surface area contributed by atoms with Crippen LogP contribution in [0.4, 0.5) is 0 Å². The second-order valence-corrected chi connectivity index (χ2v) is 5.86. The molecular weight excluding hydrogens is 286 g/mol. The van der Waals surface area contributed by atoms with Crippen LogP contribution in [0, 0.1) is 5.92 Å². The van der Waals surface area contributed by atoms with Crippen molar-refractivity contribution in [1.29, 1.82) is 0 Å². The quantitative estimate of drug-likeness (QED) is 0.620. The molecular formula is C13H16ClNO3S. The molecule has 0 saturated heterocycles. The number of carbonyl (C=O) groups is 2. The maximum Gasteiger partial charge on any atom is 0.310 e. The van der Waals surface area contributed by atoms with Crippen molar-refractivity contribution in [2.45, 2.75) is 6.92 Å². The van der Waals surface area contributed by atoms with E-state index in [2.05, 4.69) is 4.74 Å². The smallest absolute Gasteiger partial charge is 0.310 e. The molecule has 6 heteroatoms. The topological polar surface area (TPSA) is 46.6 Å². The highest BCUT2D eigenvalue weighted by molar-refractivity contribution is 7.17. The summed E-state index contributed by atoms with van der Waals surface area (Å²) in [4.78, 5) is 25.5. The van der Waals surface area contributed by atoms with Crippen molar-refractivity contribution in [3.05, 3.63) is 27.4 Å². The van der Waals surface area contributed by atoms with E-state index in [1.807, 2.05) is 6.07 Å². The van der Waals surface area contributed by atoms with Crippen molar-refractivity contribution < 1.29 is 14.3 Å². The minimum absolute atomic E-state index is 0.166. The highest BCUT2D eigenvalue weighted by Crippen LogP contribution is 2.22. The zero-order chi connectivity index (χ0) is 14.4. The molecule has 0 fully saturated rings. The Labute approximate surface area is 121 Å². The summed E-state index contributed by atoms with van der Waals surface area (Å²) in [5.74, 6) is -0.836. The molecule has 0 aliphatic rings. The fourth-order valence-electron chi connectivity index (χ4n) is 1.47. The van der Waals surface area contributed by atoms with Gasteiger partial charge in [0.05, 0.1) is 17.4 Å². The van der Waals surface area contributed by atoms with Gasteiger partial charge in [-0.1, -0.05) is 18.5 Å². The van der Waals surface area contributed by atoms with E-state index in [0.717, 1.165) is 4.88 Å². The molecule has 0 saturated carbocycles. The number of nitrogens with zero attached hydrogens (tertiary/aromatic N) is 1. The van der Waals surface area contributed by atoms with E-state index in [-0.39, 0.29) is 17.8 Å². The first-order chi connectivity index (χ1) is 8.93. The molecule has 19 heavy (non-hydrogen) atoms. The van der Waals surface area contributed by atoms with Crippen LogP contribution in [-0.2, 0) is 14.3 Å². The number of methoxy groups -OCH3 is 1. The Morgan fingerprint density at radius 1 is 1.53 bits per heavy atom. The molecule has 0 aliphatic carbocycles. The molecule has 1 unspecified atom stereocenters. The van der Waals surface area contributed by atoms with Crippen molar-refractivity contribution in [3.8, 4) is 0 Å². The first kappa shape index (κ1) is 15.7. The molecule has 0 radical (unpaired) electrons. The van der Waals surface area contributed by atoms with Gasteiger partial charge in [0.2, 0.25) is 5.91 Å². The molecule has 1 amide bonds. The SMILES string of the molecule is COC(=O)C(C)CN(C)C(=O)C=Cc1ccc(Cl)s1. The number of thiophene rings is 1. The lowest BCUT2D eigenvalue weighted by Crippen LogP contribution is -2.33. The molecule has 0 spiro atoms. The highest BCUT2D eigenvalue weighted by Gasteiger charge is 2.17. The van der Waals surface area contributed by atoms with Crippen LogP contribution in [0.2, 0.25) is 4.34 Å². The summed E-state index contributed by atoms with van der Waals surface area (Å²) in [6.45, 7) is 2.04. The minimum atomic E-state index is -0.344. The zero-order valence-electron chi connectivity index (χ0n) is 11.1. The number of halogens is 1. The molecule has 104 valence electrons. The Bertz CT molecular complexity index is 484. The summed E-state index contributed by atoms with van der Waals surface area (Å²) in [7, 11) is 2.98. The zero-order valence-corrected chi connectivity index (χ0v) is 12.6. The molecule has 0 aliphatic heterocycles. The maximum atomic E-state index is 11.8. The van der Waals surface area contributed by atoms with Gasteiger partial charge in [0.25, 0.3) is 0 Å². The summed E-state index contributed by atoms with van der Waals surface area (Å²) in [6, 6.07) is 3.62. The van der Waals surface area contributed by atoms with E-state index in [4.69, 9.17) is 11.6 Å². The third-order valence-corrected chi connectivity index (χ3v) is 3.71. The molecule has 0 N–H and O–H groups in total.